The Balaban J connectivity index is 2.10. The van der Waals surface area contributed by atoms with Gasteiger partial charge in [-0.3, -0.25) is 0 Å². The zero-order valence-electron chi connectivity index (χ0n) is 10.1. The van der Waals surface area contributed by atoms with E-state index in [1.165, 1.54) is 0 Å². The number of nitriles is 1. The monoisotopic (exact) mass is 239 g/mol. The first-order valence-corrected chi connectivity index (χ1v) is 5.53. The average molecular weight is 239 g/mol. The molecule has 18 heavy (non-hydrogen) atoms. The Morgan fingerprint density at radius 1 is 1.33 bits per heavy atom. The molecule has 0 spiro atoms. The molecule has 0 radical (unpaired) electrons. The fraction of sp³-hybridized carbons (Fsp3) is 0.143. The normalized spacial score (nSPS) is 9.78. The van der Waals surface area contributed by atoms with E-state index in [9.17, 15) is 0 Å². The fourth-order valence-corrected chi connectivity index (χ4v) is 1.51. The summed E-state index contributed by atoms with van der Waals surface area (Å²) >= 11 is 0. The Morgan fingerprint density at radius 2 is 2.17 bits per heavy atom. The first-order valence-electron chi connectivity index (χ1n) is 5.53. The minimum absolute atomic E-state index is 0.406. The number of aryl methyl sites for hydroxylation is 1. The van der Waals surface area contributed by atoms with Crippen LogP contribution < -0.4 is 10.5 Å². The van der Waals surface area contributed by atoms with Gasteiger partial charge in [-0.25, -0.2) is 4.98 Å². The molecule has 0 aliphatic rings. The van der Waals surface area contributed by atoms with Crippen LogP contribution in [0.15, 0.2) is 36.5 Å². The summed E-state index contributed by atoms with van der Waals surface area (Å²) in [4.78, 5) is 3.99. The van der Waals surface area contributed by atoms with Crippen molar-refractivity contribution < 1.29 is 4.74 Å². The molecule has 1 heterocycles. The van der Waals surface area contributed by atoms with E-state index < -0.39 is 0 Å². The van der Waals surface area contributed by atoms with Crippen molar-refractivity contribution >= 4 is 5.82 Å². The summed E-state index contributed by atoms with van der Waals surface area (Å²) in [5.74, 6) is 1.20. The first kappa shape index (κ1) is 11.9. The van der Waals surface area contributed by atoms with Crippen molar-refractivity contribution in [1.82, 2.24) is 4.98 Å². The summed E-state index contributed by atoms with van der Waals surface area (Å²) in [7, 11) is 0. The SMILES string of the molecule is Cc1ccc(C#N)cc1OCc1ccc(N)nc1. The van der Waals surface area contributed by atoms with E-state index in [2.05, 4.69) is 11.1 Å². The highest BCUT2D eigenvalue weighted by Crippen LogP contribution is 2.20. The van der Waals surface area contributed by atoms with Crippen molar-refractivity contribution in [3.8, 4) is 11.8 Å². The van der Waals surface area contributed by atoms with E-state index in [0.29, 0.717) is 23.7 Å². The van der Waals surface area contributed by atoms with Gasteiger partial charge in [0.1, 0.15) is 18.2 Å². The molecule has 1 aromatic heterocycles. The molecule has 1 aromatic carbocycles. The predicted molar refractivity (Wildman–Crippen MR) is 68.9 cm³/mol. The van der Waals surface area contributed by atoms with Crippen LogP contribution in [0.25, 0.3) is 0 Å². The van der Waals surface area contributed by atoms with Gasteiger partial charge in [0, 0.05) is 11.8 Å². The van der Waals surface area contributed by atoms with Crippen molar-refractivity contribution in [3.05, 3.63) is 53.2 Å². The Bertz CT molecular complexity index is 585. The standard InChI is InChI=1S/C14H13N3O/c1-10-2-3-11(7-15)6-13(10)18-9-12-4-5-14(16)17-8-12/h2-6,8H,9H2,1H3,(H2,16,17). The zero-order chi connectivity index (χ0) is 13.0. The summed E-state index contributed by atoms with van der Waals surface area (Å²) in [5, 5.41) is 8.84. The van der Waals surface area contributed by atoms with Crippen LogP contribution in [0.1, 0.15) is 16.7 Å². The molecule has 0 aliphatic carbocycles. The molecule has 0 aliphatic heterocycles. The van der Waals surface area contributed by atoms with Crippen LogP contribution in [-0.2, 0) is 6.61 Å². The van der Waals surface area contributed by atoms with E-state index in [4.69, 9.17) is 15.7 Å². The van der Waals surface area contributed by atoms with Gasteiger partial charge in [0.25, 0.3) is 0 Å². The molecule has 2 aromatic rings. The number of hydrogen-bond donors (Lipinski definition) is 1. The van der Waals surface area contributed by atoms with Gasteiger partial charge < -0.3 is 10.5 Å². The molecular weight excluding hydrogens is 226 g/mol. The number of nitrogens with two attached hydrogens (primary N) is 1. The van der Waals surface area contributed by atoms with Crippen molar-refractivity contribution in [2.75, 3.05) is 5.73 Å². The number of rotatable bonds is 3. The van der Waals surface area contributed by atoms with Gasteiger partial charge >= 0.3 is 0 Å². The molecule has 0 saturated heterocycles. The maximum atomic E-state index is 8.84. The highest BCUT2D eigenvalue weighted by molar-refractivity contribution is 5.42. The van der Waals surface area contributed by atoms with Gasteiger partial charge in [0.15, 0.2) is 0 Å². The lowest BCUT2D eigenvalue weighted by atomic mass is 10.1. The van der Waals surface area contributed by atoms with Crippen molar-refractivity contribution in [3.63, 3.8) is 0 Å². The third-order valence-electron chi connectivity index (χ3n) is 2.56. The molecule has 2 N–H and O–H groups in total. The van der Waals surface area contributed by atoms with Gasteiger partial charge in [-0.05, 0) is 30.7 Å². The maximum Gasteiger partial charge on any atom is 0.124 e. The number of benzene rings is 1. The molecule has 0 unspecified atom stereocenters. The Kier molecular flexibility index (Phi) is 3.44. The number of aromatic nitrogens is 1. The topological polar surface area (TPSA) is 71.9 Å². The number of pyridine rings is 1. The second-order valence-corrected chi connectivity index (χ2v) is 3.97. The third-order valence-corrected chi connectivity index (χ3v) is 2.56. The number of nitrogen functional groups attached to an aromatic ring is 1. The molecule has 0 amide bonds. The summed E-state index contributed by atoms with van der Waals surface area (Å²) in [6.07, 6.45) is 1.68. The molecule has 4 nitrogen and oxygen atoms in total. The minimum atomic E-state index is 0.406. The van der Waals surface area contributed by atoms with E-state index in [1.54, 1.807) is 24.4 Å². The molecule has 0 bridgehead atoms. The summed E-state index contributed by atoms with van der Waals surface area (Å²) in [5.41, 5.74) is 8.03. The summed E-state index contributed by atoms with van der Waals surface area (Å²) in [6, 6.07) is 11.1. The molecule has 4 heteroatoms. The van der Waals surface area contributed by atoms with Gasteiger partial charge in [0.05, 0.1) is 11.6 Å². The fourth-order valence-electron chi connectivity index (χ4n) is 1.51. The average Bonchev–Trinajstić information content (AvgIpc) is 2.40. The lowest BCUT2D eigenvalue weighted by Gasteiger charge is -2.09. The van der Waals surface area contributed by atoms with Crippen molar-refractivity contribution in [2.45, 2.75) is 13.5 Å². The molecular formula is C14H13N3O. The molecule has 2 rings (SSSR count). The predicted octanol–water partition coefficient (Wildman–Crippen LogP) is 2.42. The van der Waals surface area contributed by atoms with Crippen LogP contribution >= 0.6 is 0 Å². The van der Waals surface area contributed by atoms with E-state index in [1.807, 2.05) is 19.1 Å². The van der Waals surface area contributed by atoms with Crippen molar-refractivity contribution in [2.24, 2.45) is 0 Å². The number of ether oxygens (including phenoxy) is 1. The lowest BCUT2D eigenvalue weighted by Crippen LogP contribution is -1.99. The molecule has 0 fully saturated rings. The van der Waals surface area contributed by atoms with Crippen LogP contribution in [0.5, 0.6) is 5.75 Å². The maximum absolute atomic E-state index is 8.84. The van der Waals surface area contributed by atoms with Crippen LogP contribution in [-0.4, -0.2) is 4.98 Å². The third kappa shape index (κ3) is 2.77. The number of nitrogens with zero attached hydrogens (tertiary/aromatic N) is 2. The smallest absolute Gasteiger partial charge is 0.124 e. The van der Waals surface area contributed by atoms with Crippen LogP contribution in [0.3, 0.4) is 0 Å². The first-order chi connectivity index (χ1) is 8.69. The van der Waals surface area contributed by atoms with Gasteiger partial charge in [0.2, 0.25) is 0 Å². The van der Waals surface area contributed by atoms with Crippen LogP contribution in [0.2, 0.25) is 0 Å². The second-order valence-electron chi connectivity index (χ2n) is 3.97. The van der Waals surface area contributed by atoms with E-state index in [0.717, 1.165) is 11.1 Å². The summed E-state index contributed by atoms with van der Waals surface area (Å²) < 4.78 is 5.67. The minimum Gasteiger partial charge on any atom is -0.489 e. The van der Waals surface area contributed by atoms with Gasteiger partial charge in [-0.15, -0.1) is 0 Å². The van der Waals surface area contributed by atoms with Crippen molar-refractivity contribution in [1.29, 1.82) is 5.26 Å². The van der Waals surface area contributed by atoms with Crippen LogP contribution in [0, 0.1) is 18.3 Å². The lowest BCUT2D eigenvalue weighted by molar-refractivity contribution is 0.303. The van der Waals surface area contributed by atoms with Gasteiger partial charge in [-0.2, -0.15) is 5.26 Å². The molecule has 0 saturated carbocycles. The van der Waals surface area contributed by atoms with E-state index in [-0.39, 0.29) is 0 Å². The number of anilines is 1. The Labute approximate surface area is 106 Å². The van der Waals surface area contributed by atoms with Crippen LogP contribution in [0.4, 0.5) is 5.82 Å². The number of hydrogen-bond acceptors (Lipinski definition) is 4. The Hall–Kier alpha value is -2.54. The largest absolute Gasteiger partial charge is 0.489 e. The second kappa shape index (κ2) is 5.19. The highest BCUT2D eigenvalue weighted by Gasteiger charge is 2.02. The highest BCUT2D eigenvalue weighted by atomic mass is 16.5. The quantitative estimate of drug-likeness (QED) is 0.892. The van der Waals surface area contributed by atoms with Gasteiger partial charge in [-0.1, -0.05) is 12.1 Å². The molecule has 90 valence electrons. The zero-order valence-corrected chi connectivity index (χ0v) is 10.1. The summed E-state index contributed by atoms with van der Waals surface area (Å²) in [6.45, 7) is 2.35. The van der Waals surface area contributed by atoms with E-state index >= 15 is 0 Å². The Morgan fingerprint density at radius 3 is 2.83 bits per heavy atom. The molecule has 0 atom stereocenters.